The first kappa shape index (κ1) is 21.7. The topological polar surface area (TPSA) is 88.8 Å². The van der Waals surface area contributed by atoms with Gasteiger partial charge in [-0.1, -0.05) is 18.2 Å². The first-order valence-corrected chi connectivity index (χ1v) is 11.2. The maximum Gasteiger partial charge on any atom is 0.338 e. The third-order valence-corrected chi connectivity index (χ3v) is 6.22. The van der Waals surface area contributed by atoms with Gasteiger partial charge in [0, 0.05) is 11.3 Å². The summed E-state index contributed by atoms with van der Waals surface area (Å²) in [5, 5.41) is 2.67. The number of thioether (sulfide) groups is 1. The normalized spacial score (nSPS) is 15.6. The van der Waals surface area contributed by atoms with Gasteiger partial charge in [-0.3, -0.25) is 9.59 Å². The largest absolute Gasteiger partial charge is 0.467 e. The fourth-order valence-corrected chi connectivity index (χ4v) is 4.60. The molecule has 1 aromatic heterocycles. The standard InChI is InChI=1S/C24H22N2O5S/c1-2-30-24(29)18-5-3-6-19(13-18)25-22(28)16-8-10-17(11-9-16)23-26(21(27)15-32-23)14-20-7-4-12-31-20/h3-13,23H,2,14-15H2,1H3,(H,25,28). The second-order valence-corrected chi connectivity index (χ2v) is 8.21. The van der Waals surface area contributed by atoms with Crippen LogP contribution in [0.5, 0.6) is 0 Å². The summed E-state index contributed by atoms with van der Waals surface area (Å²) in [7, 11) is 0. The maximum absolute atomic E-state index is 12.7. The van der Waals surface area contributed by atoms with Crippen LogP contribution < -0.4 is 5.32 Å². The SMILES string of the molecule is CCOC(=O)c1cccc(NC(=O)c2ccc(C3SCC(=O)N3Cc3ccco3)cc2)c1. The molecule has 1 atom stereocenters. The van der Waals surface area contributed by atoms with E-state index < -0.39 is 5.97 Å². The Labute approximate surface area is 189 Å². The molecular formula is C24H22N2O5S. The molecule has 0 aliphatic carbocycles. The smallest absolute Gasteiger partial charge is 0.338 e. The van der Waals surface area contributed by atoms with E-state index in [1.165, 1.54) is 0 Å². The number of esters is 1. The molecule has 1 fully saturated rings. The van der Waals surface area contributed by atoms with Gasteiger partial charge in [-0.25, -0.2) is 4.79 Å². The number of nitrogens with one attached hydrogen (secondary N) is 1. The molecule has 32 heavy (non-hydrogen) atoms. The van der Waals surface area contributed by atoms with Gasteiger partial charge >= 0.3 is 5.97 Å². The van der Waals surface area contributed by atoms with Gasteiger partial charge in [0.15, 0.2) is 0 Å². The highest BCUT2D eigenvalue weighted by molar-refractivity contribution is 8.00. The van der Waals surface area contributed by atoms with E-state index in [9.17, 15) is 14.4 Å². The Balaban J connectivity index is 1.44. The molecule has 164 valence electrons. The second-order valence-electron chi connectivity index (χ2n) is 7.14. The van der Waals surface area contributed by atoms with Gasteiger partial charge < -0.3 is 19.4 Å². The van der Waals surface area contributed by atoms with Crippen LogP contribution in [0.1, 0.15) is 44.3 Å². The quantitative estimate of drug-likeness (QED) is 0.534. The van der Waals surface area contributed by atoms with Crippen molar-refractivity contribution in [3.8, 4) is 0 Å². The molecule has 0 radical (unpaired) electrons. The monoisotopic (exact) mass is 450 g/mol. The van der Waals surface area contributed by atoms with Crippen LogP contribution >= 0.6 is 11.8 Å². The number of ether oxygens (including phenoxy) is 1. The molecule has 8 heteroatoms. The van der Waals surface area contributed by atoms with E-state index in [2.05, 4.69) is 5.32 Å². The summed E-state index contributed by atoms with van der Waals surface area (Å²) in [6.07, 6.45) is 1.59. The molecule has 0 spiro atoms. The number of anilines is 1. The molecule has 0 bridgehead atoms. The Kier molecular flexibility index (Phi) is 6.61. The van der Waals surface area contributed by atoms with E-state index in [1.807, 2.05) is 18.2 Å². The first-order valence-electron chi connectivity index (χ1n) is 10.2. The van der Waals surface area contributed by atoms with E-state index in [1.54, 1.807) is 72.3 Å². The highest BCUT2D eigenvalue weighted by Crippen LogP contribution is 2.39. The number of nitrogens with zero attached hydrogens (tertiary/aromatic N) is 1. The number of furan rings is 1. The van der Waals surface area contributed by atoms with Crippen LogP contribution in [0.4, 0.5) is 5.69 Å². The summed E-state index contributed by atoms with van der Waals surface area (Å²) in [4.78, 5) is 38.7. The second kappa shape index (κ2) is 9.74. The highest BCUT2D eigenvalue weighted by atomic mass is 32.2. The highest BCUT2D eigenvalue weighted by Gasteiger charge is 2.33. The Morgan fingerprint density at radius 2 is 1.94 bits per heavy atom. The minimum Gasteiger partial charge on any atom is -0.467 e. The Bertz CT molecular complexity index is 1110. The maximum atomic E-state index is 12.7. The molecular weight excluding hydrogens is 428 g/mol. The zero-order valence-corrected chi connectivity index (χ0v) is 18.3. The van der Waals surface area contributed by atoms with Crippen molar-refractivity contribution < 1.29 is 23.5 Å². The number of carbonyl (C=O) groups is 3. The molecule has 3 aromatic rings. The van der Waals surface area contributed by atoms with Gasteiger partial charge in [-0.05, 0) is 55.0 Å². The van der Waals surface area contributed by atoms with Gasteiger partial charge in [0.05, 0.1) is 30.7 Å². The van der Waals surface area contributed by atoms with E-state index >= 15 is 0 Å². The summed E-state index contributed by atoms with van der Waals surface area (Å²) >= 11 is 1.55. The van der Waals surface area contributed by atoms with Crippen LogP contribution in [0.15, 0.2) is 71.3 Å². The molecule has 2 amide bonds. The summed E-state index contributed by atoms with van der Waals surface area (Å²) in [6.45, 7) is 2.43. The Morgan fingerprint density at radius 1 is 1.12 bits per heavy atom. The summed E-state index contributed by atoms with van der Waals surface area (Å²) < 4.78 is 10.4. The Morgan fingerprint density at radius 3 is 2.66 bits per heavy atom. The molecule has 1 N–H and O–H groups in total. The first-order chi connectivity index (χ1) is 15.5. The van der Waals surface area contributed by atoms with Gasteiger partial charge in [0.25, 0.3) is 5.91 Å². The van der Waals surface area contributed by atoms with Crippen molar-refractivity contribution in [1.29, 1.82) is 0 Å². The van der Waals surface area contributed by atoms with Crippen LogP contribution in [0, 0.1) is 0 Å². The van der Waals surface area contributed by atoms with E-state index in [0.29, 0.717) is 29.1 Å². The number of carbonyl (C=O) groups excluding carboxylic acids is 3. The fraction of sp³-hybridized carbons (Fsp3) is 0.208. The van der Waals surface area contributed by atoms with Crippen LogP contribution in [-0.4, -0.2) is 35.0 Å². The number of amides is 2. The predicted octanol–water partition coefficient (Wildman–Crippen LogP) is 4.48. The molecule has 2 aromatic carbocycles. The lowest BCUT2D eigenvalue weighted by molar-refractivity contribution is -0.128. The predicted molar refractivity (Wildman–Crippen MR) is 121 cm³/mol. The lowest BCUT2D eigenvalue weighted by Gasteiger charge is -2.23. The summed E-state index contributed by atoms with van der Waals surface area (Å²) in [5.74, 6) is 0.465. The molecule has 4 rings (SSSR count). The van der Waals surface area contributed by atoms with Gasteiger partial charge in [0.2, 0.25) is 5.91 Å². The molecule has 1 saturated heterocycles. The van der Waals surface area contributed by atoms with Gasteiger partial charge in [0.1, 0.15) is 11.1 Å². The summed E-state index contributed by atoms with van der Waals surface area (Å²) in [6, 6.07) is 17.4. The number of hydrogen-bond donors (Lipinski definition) is 1. The minimum atomic E-state index is -0.435. The van der Waals surface area contributed by atoms with Crippen molar-refractivity contribution in [2.45, 2.75) is 18.8 Å². The van der Waals surface area contributed by atoms with Crippen molar-refractivity contribution in [3.63, 3.8) is 0 Å². The molecule has 2 heterocycles. The van der Waals surface area contributed by atoms with E-state index in [4.69, 9.17) is 9.15 Å². The lowest BCUT2D eigenvalue weighted by Crippen LogP contribution is -2.27. The zero-order valence-electron chi connectivity index (χ0n) is 17.4. The Hall–Kier alpha value is -3.52. The van der Waals surface area contributed by atoms with Crippen LogP contribution in [0.25, 0.3) is 0 Å². The van der Waals surface area contributed by atoms with E-state index in [-0.39, 0.29) is 23.8 Å². The molecule has 7 nitrogen and oxygen atoms in total. The third kappa shape index (κ3) is 4.86. The fourth-order valence-electron chi connectivity index (χ4n) is 3.41. The number of benzene rings is 2. The van der Waals surface area contributed by atoms with Crippen molar-refractivity contribution in [2.24, 2.45) is 0 Å². The number of hydrogen-bond acceptors (Lipinski definition) is 6. The average molecular weight is 451 g/mol. The van der Waals surface area contributed by atoms with Gasteiger partial charge in [-0.15, -0.1) is 11.8 Å². The van der Waals surface area contributed by atoms with Crippen LogP contribution in [0.3, 0.4) is 0 Å². The molecule has 1 aliphatic rings. The molecule has 1 unspecified atom stereocenters. The van der Waals surface area contributed by atoms with Crippen LogP contribution in [-0.2, 0) is 16.1 Å². The van der Waals surface area contributed by atoms with Crippen molar-refractivity contribution in [3.05, 3.63) is 89.4 Å². The zero-order chi connectivity index (χ0) is 22.5. The van der Waals surface area contributed by atoms with Crippen molar-refractivity contribution in [2.75, 3.05) is 17.7 Å². The van der Waals surface area contributed by atoms with Crippen molar-refractivity contribution >= 4 is 35.2 Å². The third-order valence-electron chi connectivity index (χ3n) is 4.96. The molecule has 0 saturated carbocycles. The lowest BCUT2D eigenvalue weighted by atomic mass is 10.1. The van der Waals surface area contributed by atoms with Crippen molar-refractivity contribution in [1.82, 2.24) is 4.90 Å². The van der Waals surface area contributed by atoms with E-state index in [0.717, 1.165) is 11.3 Å². The van der Waals surface area contributed by atoms with Gasteiger partial charge in [-0.2, -0.15) is 0 Å². The average Bonchev–Trinajstić information content (AvgIpc) is 3.45. The minimum absolute atomic E-state index is 0.0553. The summed E-state index contributed by atoms with van der Waals surface area (Å²) in [5.41, 5.74) is 2.29. The molecule has 1 aliphatic heterocycles. The van der Waals surface area contributed by atoms with Crippen LogP contribution in [0.2, 0.25) is 0 Å². The number of rotatable bonds is 7.